The third kappa shape index (κ3) is 5.19. The van der Waals surface area contributed by atoms with Gasteiger partial charge in [0, 0.05) is 14.8 Å². The standard InChI is InChI=1S/C15H12Cl3IN2O/c16-15(17,18)14(20-12-7-2-1-3-8-12)21-13(22)10-5-4-6-11(19)9-10/h1-9,14,20H,(H,21,22)/t14-/m0/s1. The summed E-state index contributed by atoms with van der Waals surface area (Å²) in [7, 11) is 0. The monoisotopic (exact) mass is 468 g/mol. The van der Waals surface area contributed by atoms with E-state index in [1.54, 1.807) is 18.2 Å². The van der Waals surface area contributed by atoms with Crippen LogP contribution in [0.25, 0.3) is 0 Å². The number of halogens is 4. The number of para-hydroxylation sites is 1. The number of rotatable bonds is 4. The van der Waals surface area contributed by atoms with Gasteiger partial charge in [0.15, 0.2) is 0 Å². The van der Waals surface area contributed by atoms with Crippen molar-refractivity contribution in [1.29, 1.82) is 0 Å². The zero-order valence-corrected chi connectivity index (χ0v) is 15.6. The molecule has 2 aromatic rings. The number of hydrogen-bond acceptors (Lipinski definition) is 2. The van der Waals surface area contributed by atoms with E-state index in [0.29, 0.717) is 5.56 Å². The smallest absolute Gasteiger partial charge is 0.253 e. The predicted octanol–water partition coefficient (Wildman–Crippen LogP) is 4.83. The second-order valence-corrected chi connectivity index (χ2v) is 8.08. The van der Waals surface area contributed by atoms with Gasteiger partial charge in [-0.1, -0.05) is 59.1 Å². The van der Waals surface area contributed by atoms with E-state index in [1.165, 1.54) is 0 Å². The van der Waals surface area contributed by atoms with Crippen LogP contribution in [0, 0.1) is 3.57 Å². The van der Waals surface area contributed by atoms with Gasteiger partial charge in [-0.05, 0) is 52.9 Å². The van der Waals surface area contributed by atoms with Gasteiger partial charge in [0.05, 0.1) is 0 Å². The first-order valence-corrected chi connectivity index (χ1v) is 8.52. The average Bonchev–Trinajstić information content (AvgIpc) is 2.46. The van der Waals surface area contributed by atoms with Crippen molar-refractivity contribution in [2.75, 3.05) is 5.32 Å². The van der Waals surface area contributed by atoms with E-state index in [0.717, 1.165) is 9.26 Å². The summed E-state index contributed by atoms with van der Waals surface area (Å²) in [6.45, 7) is 0. The summed E-state index contributed by atoms with van der Waals surface area (Å²) in [5.41, 5.74) is 1.24. The maximum absolute atomic E-state index is 12.3. The van der Waals surface area contributed by atoms with Crippen LogP contribution in [0.3, 0.4) is 0 Å². The Balaban J connectivity index is 2.15. The number of anilines is 1. The third-order valence-corrected chi connectivity index (χ3v) is 4.10. The fourth-order valence-corrected chi connectivity index (χ4v) is 2.62. The Morgan fingerprint density at radius 3 is 2.32 bits per heavy atom. The lowest BCUT2D eigenvalue weighted by Gasteiger charge is -2.27. The van der Waals surface area contributed by atoms with Crippen LogP contribution >= 0.6 is 57.4 Å². The summed E-state index contributed by atoms with van der Waals surface area (Å²) in [6, 6.07) is 16.4. The summed E-state index contributed by atoms with van der Waals surface area (Å²) in [6.07, 6.45) is -0.870. The fourth-order valence-electron chi connectivity index (χ4n) is 1.74. The minimum atomic E-state index is -1.70. The normalized spacial score (nSPS) is 12.5. The lowest BCUT2D eigenvalue weighted by atomic mass is 10.2. The molecule has 1 amide bonds. The maximum atomic E-state index is 12.3. The number of benzene rings is 2. The summed E-state index contributed by atoms with van der Waals surface area (Å²) in [4.78, 5) is 12.3. The van der Waals surface area contributed by atoms with Crippen LogP contribution in [0.15, 0.2) is 54.6 Å². The van der Waals surface area contributed by atoms with Crippen molar-refractivity contribution >= 4 is 69.0 Å². The number of amides is 1. The van der Waals surface area contributed by atoms with Gasteiger partial charge in [-0.3, -0.25) is 4.79 Å². The first kappa shape index (κ1) is 17.7. The largest absolute Gasteiger partial charge is 0.362 e. The molecular formula is C15H12Cl3IN2O. The molecule has 22 heavy (non-hydrogen) atoms. The molecule has 0 saturated heterocycles. The molecule has 0 unspecified atom stereocenters. The van der Waals surface area contributed by atoms with Gasteiger partial charge in [0.1, 0.15) is 6.17 Å². The lowest BCUT2D eigenvalue weighted by molar-refractivity contribution is 0.0942. The van der Waals surface area contributed by atoms with Gasteiger partial charge < -0.3 is 10.6 Å². The van der Waals surface area contributed by atoms with E-state index in [4.69, 9.17) is 34.8 Å². The molecule has 0 fully saturated rings. The van der Waals surface area contributed by atoms with E-state index < -0.39 is 9.96 Å². The molecule has 2 N–H and O–H groups in total. The summed E-state index contributed by atoms with van der Waals surface area (Å²) < 4.78 is -0.750. The topological polar surface area (TPSA) is 41.1 Å². The molecular weight excluding hydrogens is 457 g/mol. The van der Waals surface area contributed by atoms with Gasteiger partial charge in [-0.15, -0.1) is 0 Å². The molecule has 1 atom stereocenters. The number of carbonyl (C=O) groups excluding carboxylic acids is 1. The van der Waals surface area contributed by atoms with Crippen molar-refractivity contribution in [1.82, 2.24) is 5.32 Å². The summed E-state index contributed by atoms with van der Waals surface area (Å²) in [5.74, 6) is -0.321. The van der Waals surface area contributed by atoms with Crippen LogP contribution in [0.1, 0.15) is 10.4 Å². The van der Waals surface area contributed by atoms with E-state index in [-0.39, 0.29) is 5.91 Å². The molecule has 0 aromatic heterocycles. The molecule has 3 nitrogen and oxygen atoms in total. The van der Waals surface area contributed by atoms with Gasteiger partial charge in [0.2, 0.25) is 3.79 Å². The fraction of sp³-hybridized carbons (Fsp3) is 0.133. The van der Waals surface area contributed by atoms with E-state index in [1.807, 2.05) is 36.4 Å². The predicted molar refractivity (Wildman–Crippen MR) is 101 cm³/mol. The Morgan fingerprint density at radius 1 is 1.05 bits per heavy atom. The molecule has 2 rings (SSSR count). The highest BCUT2D eigenvalue weighted by molar-refractivity contribution is 14.1. The molecule has 0 aliphatic carbocycles. The van der Waals surface area contributed by atoms with Crippen molar-refractivity contribution in [3.8, 4) is 0 Å². The Morgan fingerprint density at radius 2 is 1.73 bits per heavy atom. The molecule has 0 bridgehead atoms. The van der Waals surface area contributed by atoms with Crippen LogP contribution < -0.4 is 10.6 Å². The first-order chi connectivity index (χ1) is 10.4. The minimum Gasteiger partial charge on any atom is -0.362 e. The number of hydrogen-bond donors (Lipinski definition) is 2. The molecule has 7 heteroatoms. The van der Waals surface area contributed by atoms with Crippen LogP contribution in [0.4, 0.5) is 5.69 Å². The molecule has 0 heterocycles. The Bertz CT molecular complexity index is 647. The molecule has 0 aliphatic heterocycles. The molecule has 0 spiro atoms. The Hall–Kier alpha value is -0.690. The number of carbonyl (C=O) groups is 1. The Kier molecular flexibility index (Phi) is 6.20. The minimum absolute atomic E-state index is 0.321. The van der Waals surface area contributed by atoms with Gasteiger partial charge in [-0.2, -0.15) is 0 Å². The quantitative estimate of drug-likeness (QED) is 0.383. The van der Waals surface area contributed by atoms with E-state index in [9.17, 15) is 4.79 Å². The first-order valence-electron chi connectivity index (χ1n) is 6.31. The van der Waals surface area contributed by atoms with Crippen LogP contribution in [-0.2, 0) is 0 Å². The van der Waals surface area contributed by atoms with Crippen molar-refractivity contribution in [3.05, 3.63) is 63.7 Å². The number of nitrogens with one attached hydrogen (secondary N) is 2. The second kappa shape index (κ2) is 7.73. The van der Waals surface area contributed by atoms with Crippen LogP contribution in [0.5, 0.6) is 0 Å². The molecule has 116 valence electrons. The highest BCUT2D eigenvalue weighted by Crippen LogP contribution is 2.31. The molecule has 2 aromatic carbocycles. The second-order valence-electron chi connectivity index (χ2n) is 4.47. The Labute approximate surface area is 157 Å². The average molecular weight is 470 g/mol. The van der Waals surface area contributed by atoms with Crippen molar-refractivity contribution < 1.29 is 4.79 Å². The highest BCUT2D eigenvalue weighted by atomic mass is 127. The van der Waals surface area contributed by atoms with Gasteiger partial charge in [0.25, 0.3) is 5.91 Å². The van der Waals surface area contributed by atoms with Crippen LogP contribution in [-0.4, -0.2) is 15.9 Å². The zero-order chi connectivity index (χ0) is 16.2. The van der Waals surface area contributed by atoms with Gasteiger partial charge in [-0.25, -0.2) is 0 Å². The SMILES string of the molecule is O=C(N[C@H](Nc1ccccc1)C(Cl)(Cl)Cl)c1cccc(I)c1. The van der Waals surface area contributed by atoms with Crippen molar-refractivity contribution in [2.45, 2.75) is 9.96 Å². The van der Waals surface area contributed by atoms with Crippen LogP contribution in [0.2, 0.25) is 0 Å². The van der Waals surface area contributed by atoms with Gasteiger partial charge >= 0.3 is 0 Å². The number of alkyl halides is 3. The molecule has 0 saturated carbocycles. The lowest BCUT2D eigenvalue weighted by Crippen LogP contribution is -2.49. The summed E-state index contributed by atoms with van der Waals surface area (Å²) in [5, 5.41) is 5.70. The third-order valence-electron chi connectivity index (χ3n) is 2.77. The zero-order valence-electron chi connectivity index (χ0n) is 11.2. The van der Waals surface area contributed by atoms with E-state index >= 15 is 0 Å². The van der Waals surface area contributed by atoms with Crippen molar-refractivity contribution in [3.63, 3.8) is 0 Å². The summed E-state index contributed by atoms with van der Waals surface area (Å²) >= 11 is 20.0. The van der Waals surface area contributed by atoms with Crippen molar-refractivity contribution in [2.24, 2.45) is 0 Å². The van der Waals surface area contributed by atoms with E-state index in [2.05, 4.69) is 33.2 Å². The molecule has 0 radical (unpaired) electrons. The molecule has 0 aliphatic rings. The highest BCUT2D eigenvalue weighted by Gasteiger charge is 2.34. The maximum Gasteiger partial charge on any atom is 0.253 e.